The van der Waals surface area contributed by atoms with Crippen LogP contribution >= 0.6 is 0 Å². The molecule has 0 saturated carbocycles. The minimum absolute atomic E-state index is 0.112. The van der Waals surface area contributed by atoms with Gasteiger partial charge in [0, 0.05) is 30.3 Å². The lowest BCUT2D eigenvalue weighted by molar-refractivity contribution is -0.0459. The van der Waals surface area contributed by atoms with Gasteiger partial charge in [0.15, 0.2) is 23.6 Å². The van der Waals surface area contributed by atoms with Gasteiger partial charge in [-0.25, -0.2) is 24.0 Å². The Kier molecular flexibility index (Phi) is 8.33. The maximum absolute atomic E-state index is 15.7. The van der Waals surface area contributed by atoms with Crippen molar-refractivity contribution in [2.75, 3.05) is 18.9 Å². The summed E-state index contributed by atoms with van der Waals surface area (Å²) in [6.07, 6.45) is 5.73. The normalized spacial score (nSPS) is 15.5. The Balaban J connectivity index is 1.02. The standard InChI is InChI=1S/C40H33FN8O4/c41-31-22-34(53-23-24-6-2-1-3-7-24)30(40-51-18-19-52-40)21-29(31)39(50)46-32-12-9-25-20-26(10-11-27(25)32)49-37(28-8-4-15-43-36(28)42)45-33-13-14-35(47-38(33)49)48-17-5-16-44-48/h1-8,10-11,13-17,20-22,32,40H,9,12,18-19,23H2,(H2,42,43)(H,46,50)/t32-/m0/s1. The van der Waals surface area contributed by atoms with Crippen LogP contribution in [0.2, 0.25) is 0 Å². The number of imidazole rings is 1. The number of benzene rings is 3. The van der Waals surface area contributed by atoms with E-state index in [-0.39, 0.29) is 24.0 Å². The predicted octanol–water partition coefficient (Wildman–Crippen LogP) is 6.43. The van der Waals surface area contributed by atoms with Crippen molar-refractivity contribution in [3.05, 3.63) is 143 Å². The molecule has 0 unspecified atom stereocenters. The Bertz CT molecular complexity index is 2460. The lowest BCUT2D eigenvalue weighted by atomic mass is 10.0. The van der Waals surface area contributed by atoms with E-state index < -0.39 is 18.0 Å². The molecule has 1 atom stereocenters. The monoisotopic (exact) mass is 708 g/mol. The summed E-state index contributed by atoms with van der Waals surface area (Å²) in [5.41, 5.74) is 12.4. The Morgan fingerprint density at radius 1 is 0.943 bits per heavy atom. The van der Waals surface area contributed by atoms with Gasteiger partial charge < -0.3 is 25.3 Å². The molecule has 264 valence electrons. The van der Waals surface area contributed by atoms with Crippen LogP contribution < -0.4 is 15.8 Å². The summed E-state index contributed by atoms with van der Waals surface area (Å²) in [5, 5.41) is 7.42. The van der Waals surface area contributed by atoms with E-state index >= 15 is 4.39 Å². The zero-order chi connectivity index (χ0) is 35.9. The number of rotatable bonds is 9. The van der Waals surface area contributed by atoms with E-state index in [0.29, 0.717) is 65.8 Å². The Morgan fingerprint density at radius 3 is 2.62 bits per heavy atom. The van der Waals surface area contributed by atoms with Crippen LogP contribution in [0.3, 0.4) is 0 Å². The number of nitrogen functional groups attached to an aromatic ring is 1. The van der Waals surface area contributed by atoms with Crippen molar-refractivity contribution >= 4 is 22.9 Å². The van der Waals surface area contributed by atoms with Crippen LogP contribution in [0, 0.1) is 5.82 Å². The highest BCUT2D eigenvalue weighted by atomic mass is 19.1. The van der Waals surface area contributed by atoms with Crippen molar-refractivity contribution in [2.45, 2.75) is 31.8 Å². The molecule has 9 rings (SSSR count). The smallest absolute Gasteiger partial charge is 0.254 e. The van der Waals surface area contributed by atoms with Gasteiger partial charge in [-0.3, -0.25) is 9.36 Å². The molecule has 0 spiro atoms. The number of carbonyl (C=O) groups is 1. The number of pyridine rings is 2. The fraction of sp³-hybridized carbons (Fsp3) is 0.175. The van der Waals surface area contributed by atoms with Crippen LogP contribution in [0.15, 0.2) is 110 Å². The van der Waals surface area contributed by atoms with Gasteiger partial charge >= 0.3 is 0 Å². The quantitative estimate of drug-likeness (QED) is 0.173. The van der Waals surface area contributed by atoms with E-state index in [4.69, 9.17) is 29.9 Å². The van der Waals surface area contributed by atoms with Gasteiger partial charge in [-0.15, -0.1) is 0 Å². The Hall–Kier alpha value is -6.44. The highest BCUT2D eigenvalue weighted by Crippen LogP contribution is 2.38. The number of nitrogens with zero attached hydrogens (tertiary/aromatic N) is 6. The van der Waals surface area contributed by atoms with Gasteiger partial charge in [-0.1, -0.05) is 36.4 Å². The summed E-state index contributed by atoms with van der Waals surface area (Å²) in [7, 11) is 0. The molecule has 1 saturated heterocycles. The van der Waals surface area contributed by atoms with Crippen molar-refractivity contribution in [1.82, 2.24) is 34.6 Å². The molecule has 0 bridgehead atoms. The minimum atomic E-state index is -0.769. The van der Waals surface area contributed by atoms with E-state index in [0.717, 1.165) is 22.4 Å². The van der Waals surface area contributed by atoms with E-state index in [1.165, 1.54) is 12.1 Å². The molecule has 12 nitrogen and oxygen atoms in total. The Labute approximate surface area is 303 Å². The maximum Gasteiger partial charge on any atom is 0.254 e. The molecule has 2 aliphatic rings. The van der Waals surface area contributed by atoms with Crippen molar-refractivity contribution in [3.8, 4) is 28.6 Å². The number of carbonyl (C=O) groups excluding carboxylic acids is 1. The highest BCUT2D eigenvalue weighted by molar-refractivity contribution is 5.95. The third kappa shape index (κ3) is 6.15. The van der Waals surface area contributed by atoms with Crippen molar-refractivity contribution in [1.29, 1.82) is 0 Å². The van der Waals surface area contributed by atoms with Crippen molar-refractivity contribution in [3.63, 3.8) is 0 Å². The van der Waals surface area contributed by atoms with Crippen molar-refractivity contribution in [2.24, 2.45) is 0 Å². The second-order valence-electron chi connectivity index (χ2n) is 12.8. The largest absolute Gasteiger partial charge is 0.488 e. The molecule has 3 N–H and O–H groups in total. The topological polar surface area (TPSA) is 144 Å². The highest BCUT2D eigenvalue weighted by Gasteiger charge is 2.30. The average Bonchev–Trinajstić information content (AvgIpc) is 4.02. The van der Waals surface area contributed by atoms with Gasteiger partial charge in [0.1, 0.15) is 29.5 Å². The van der Waals surface area contributed by atoms with Gasteiger partial charge in [0.25, 0.3) is 5.91 Å². The third-order valence-corrected chi connectivity index (χ3v) is 9.53. The zero-order valence-electron chi connectivity index (χ0n) is 28.4. The molecule has 7 aromatic rings. The van der Waals surface area contributed by atoms with Gasteiger partial charge in [0.05, 0.1) is 35.9 Å². The molecule has 0 radical (unpaired) electrons. The number of anilines is 1. The molecular formula is C40H33FN8O4. The number of fused-ring (bicyclic) bond motifs is 2. The SMILES string of the molecule is Nc1ncccc1-c1nc2ccc(-n3cccn3)nc2n1-c1ccc2c(c1)CC[C@@H]2NC(=O)c1cc(C2OCCO2)c(OCc2ccccc2)cc1F. The number of nitrogens with two attached hydrogens (primary N) is 1. The molecule has 1 aliphatic heterocycles. The Morgan fingerprint density at radius 2 is 1.81 bits per heavy atom. The molecule has 1 amide bonds. The minimum Gasteiger partial charge on any atom is -0.488 e. The van der Waals surface area contributed by atoms with Gasteiger partial charge in [0.2, 0.25) is 0 Å². The number of ether oxygens (including phenoxy) is 3. The average molecular weight is 709 g/mol. The van der Waals surface area contributed by atoms with Crippen LogP contribution in [-0.2, 0) is 22.5 Å². The van der Waals surface area contributed by atoms with E-state index in [1.807, 2.05) is 83.6 Å². The number of hydrogen-bond donors (Lipinski definition) is 2. The second kappa shape index (κ2) is 13.6. The van der Waals surface area contributed by atoms with Gasteiger partial charge in [-0.05, 0) is 78.1 Å². The lowest BCUT2D eigenvalue weighted by Crippen LogP contribution is -2.28. The van der Waals surface area contributed by atoms with Gasteiger partial charge in [-0.2, -0.15) is 5.10 Å². The first-order chi connectivity index (χ1) is 26.0. The number of halogens is 1. The lowest BCUT2D eigenvalue weighted by Gasteiger charge is -2.19. The summed E-state index contributed by atoms with van der Waals surface area (Å²) in [6, 6.07) is 27.3. The van der Waals surface area contributed by atoms with Crippen molar-refractivity contribution < 1.29 is 23.4 Å². The van der Waals surface area contributed by atoms with E-state index in [9.17, 15) is 4.79 Å². The van der Waals surface area contributed by atoms with Crippen LogP contribution in [0.25, 0.3) is 34.1 Å². The number of aryl methyl sites for hydroxylation is 1. The van der Waals surface area contributed by atoms with E-state index in [2.05, 4.69) is 21.5 Å². The molecule has 53 heavy (non-hydrogen) atoms. The second-order valence-corrected chi connectivity index (χ2v) is 12.8. The van der Waals surface area contributed by atoms with Crippen LogP contribution in [0.1, 0.15) is 51.4 Å². The number of hydrogen-bond acceptors (Lipinski definition) is 9. The fourth-order valence-electron chi connectivity index (χ4n) is 6.97. The maximum atomic E-state index is 15.7. The first-order valence-corrected chi connectivity index (χ1v) is 17.3. The first kappa shape index (κ1) is 32.5. The van der Waals surface area contributed by atoms with Crippen LogP contribution in [0.5, 0.6) is 5.75 Å². The third-order valence-electron chi connectivity index (χ3n) is 9.53. The number of nitrogens with one attached hydrogen (secondary N) is 1. The van der Waals surface area contributed by atoms with Crippen LogP contribution in [-0.4, -0.2) is 48.4 Å². The molecule has 1 aliphatic carbocycles. The summed E-state index contributed by atoms with van der Waals surface area (Å²) in [4.78, 5) is 27.9. The summed E-state index contributed by atoms with van der Waals surface area (Å²) in [6.45, 7) is 0.992. The molecule has 5 heterocycles. The predicted molar refractivity (Wildman–Crippen MR) is 194 cm³/mol. The fourth-order valence-corrected chi connectivity index (χ4v) is 6.97. The summed E-state index contributed by atoms with van der Waals surface area (Å²) in [5.74, 6) is 0.601. The molecular weight excluding hydrogens is 675 g/mol. The summed E-state index contributed by atoms with van der Waals surface area (Å²) < 4.78 is 36.8. The molecule has 3 aromatic carbocycles. The first-order valence-electron chi connectivity index (χ1n) is 17.3. The van der Waals surface area contributed by atoms with E-state index in [1.54, 1.807) is 17.1 Å². The number of aromatic nitrogens is 6. The molecule has 1 fully saturated rings. The number of amides is 1. The summed E-state index contributed by atoms with van der Waals surface area (Å²) >= 11 is 0. The molecule has 13 heteroatoms. The zero-order valence-corrected chi connectivity index (χ0v) is 28.4. The van der Waals surface area contributed by atoms with Crippen LogP contribution in [0.4, 0.5) is 10.2 Å². The molecule has 4 aromatic heterocycles.